The molecule has 4 nitrogen and oxygen atoms in total. The van der Waals surface area contributed by atoms with E-state index in [9.17, 15) is 4.79 Å². The summed E-state index contributed by atoms with van der Waals surface area (Å²) < 4.78 is 5.85. The van der Waals surface area contributed by atoms with E-state index in [4.69, 9.17) is 9.84 Å². The van der Waals surface area contributed by atoms with E-state index < -0.39 is 5.97 Å². The highest BCUT2D eigenvalue weighted by Gasteiger charge is 2.06. The first kappa shape index (κ1) is 14.8. The topological polar surface area (TPSA) is 59.4 Å². The summed E-state index contributed by atoms with van der Waals surface area (Å²) in [5.41, 5.74) is 3.73. The molecule has 0 aliphatic heterocycles. The molecule has 1 heterocycles. The summed E-state index contributed by atoms with van der Waals surface area (Å²) in [6, 6.07) is 7.84. The number of hydrogen-bond acceptors (Lipinski definition) is 3. The van der Waals surface area contributed by atoms with Gasteiger partial charge in [-0.2, -0.15) is 0 Å². The molecule has 0 atom stereocenters. The average molecular weight is 283 g/mol. The van der Waals surface area contributed by atoms with Crippen LogP contribution >= 0.6 is 0 Å². The van der Waals surface area contributed by atoms with Crippen LogP contribution in [-0.4, -0.2) is 16.1 Å². The van der Waals surface area contributed by atoms with E-state index in [-0.39, 0.29) is 0 Å². The minimum absolute atomic E-state index is 0.524. The maximum absolute atomic E-state index is 10.5. The van der Waals surface area contributed by atoms with Crippen molar-refractivity contribution in [2.24, 2.45) is 0 Å². The molecule has 0 aliphatic rings. The standard InChI is InChI=1S/C17H17NO3/c1-11-4-5-12(2)15(8-11)21-17-13(3)9-14(10-18-17)6-7-16(19)20/h4-10H,1-3H3,(H,19,20)/b7-6+. The van der Waals surface area contributed by atoms with Crippen LogP contribution in [0.2, 0.25) is 0 Å². The van der Waals surface area contributed by atoms with Crippen molar-refractivity contribution in [2.45, 2.75) is 20.8 Å². The molecule has 2 aromatic rings. The number of aliphatic carboxylic acids is 1. The van der Waals surface area contributed by atoms with Crippen LogP contribution in [0.3, 0.4) is 0 Å². The quantitative estimate of drug-likeness (QED) is 0.865. The van der Waals surface area contributed by atoms with Crippen LogP contribution in [0.1, 0.15) is 22.3 Å². The predicted octanol–water partition coefficient (Wildman–Crippen LogP) is 3.90. The van der Waals surface area contributed by atoms with Gasteiger partial charge in [0.2, 0.25) is 5.88 Å². The molecule has 0 amide bonds. The van der Waals surface area contributed by atoms with Crippen molar-refractivity contribution < 1.29 is 14.6 Å². The molecule has 0 saturated carbocycles. The van der Waals surface area contributed by atoms with Crippen LogP contribution in [0.4, 0.5) is 0 Å². The molecular weight excluding hydrogens is 266 g/mol. The predicted molar refractivity (Wildman–Crippen MR) is 81.6 cm³/mol. The molecule has 21 heavy (non-hydrogen) atoms. The molecule has 1 aromatic carbocycles. The molecule has 0 aliphatic carbocycles. The third-order valence-corrected chi connectivity index (χ3v) is 3.02. The van der Waals surface area contributed by atoms with Crippen LogP contribution in [0.15, 0.2) is 36.5 Å². The summed E-state index contributed by atoms with van der Waals surface area (Å²) in [6.45, 7) is 5.87. The van der Waals surface area contributed by atoms with Gasteiger partial charge in [-0.1, -0.05) is 12.1 Å². The third kappa shape index (κ3) is 3.92. The number of pyridine rings is 1. The Kier molecular flexibility index (Phi) is 4.38. The Bertz CT molecular complexity index is 705. The van der Waals surface area contributed by atoms with E-state index in [1.54, 1.807) is 6.20 Å². The third-order valence-electron chi connectivity index (χ3n) is 3.02. The number of carbonyl (C=O) groups is 1. The van der Waals surface area contributed by atoms with Crippen LogP contribution in [0.25, 0.3) is 6.08 Å². The molecular formula is C17H17NO3. The number of carboxylic acids is 1. The minimum Gasteiger partial charge on any atom is -0.478 e. The highest BCUT2D eigenvalue weighted by atomic mass is 16.5. The first-order valence-corrected chi connectivity index (χ1v) is 6.58. The first-order chi connectivity index (χ1) is 9.95. The molecule has 0 spiro atoms. The lowest BCUT2D eigenvalue weighted by Crippen LogP contribution is -1.94. The fourth-order valence-corrected chi connectivity index (χ4v) is 1.87. The fourth-order valence-electron chi connectivity index (χ4n) is 1.87. The van der Waals surface area contributed by atoms with Gasteiger partial charge in [0.1, 0.15) is 5.75 Å². The first-order valence-electron chi connectivity index (χ1n) is 6.58. The highest BCUT2D eigenvalue weighted by Crippen LogP contribution is 2.27. The van der Waals surface area contributed by atoms with Gasteiger partial charge in [0.05, 0.1) is 0 Å². The lowest BCUT2D eigenvalue weighted by atomic mass is 10.1. The van der Waals surface area contributed by atoms with Crippen molar-refractivity contribution in [3.05, 3.63) is 58.8 Å². The van der Waals surface area contributed by atoms with Crippen molar-refractivity contribution in [1.82, 2.24) is 4.98 Å². The molecule has 4 heteroatoms. The van der Waals surface area contributed by atoms with Gasteiger partial charge in [0.25, 0.3) is 0 Å². The second-order valence-corrected chi connectivity index (χ2v) is 4.93. The van der Waals surface area contributed by atoms with Crippen molar-refractivity contribution in [1.29, 1.82) is 0 Å². The Morgan fingerprint density at radius 3 is 2.62 bits per heavy atom. The zero-order valence-electron chi connectivity index (χ0n) is 12.3. The van der Waals surface area contributed by atoms with Gasteiger partial charge in [0, 0.05) is 17.8 Å². The number of aryl methyl sites for hydroxylation is 3. The average Bonchev–Trinajstić information content (AvgIpc) is 2.43. The van der Waals surface area contributed by atoms with E-state index in [2.05, 4.69) is 4.98 Å². The molecule has 0 unspecified atom stereocenters. The Balaban J connectivity index is 2.25. The molecule has 0 saturated heterocycles. The van der Waals surface area contributed by atoms with Gasteiger partial charge in [-0.05, 0) is 55.7 Å². The Morgan fingerprint density at radius 1 is 1.19 bits per heavy atom. The minimum atomic E-state index is -0.983. The maximum atomic E-state index is 10.5. The number of nitrogens with zero attached hydrogens (tertiary/aromatic N) is 1. The van der Waals surface area contributed by atoms with Gasteiger partial charge in [-0.15, -0.1) is 0 Å². The zero-order chi connectivity index (χ0) is 15.4. The van der Waals surface area contributed by atoms with Crippen molar-refractivity contribution in [2.75, 3.05) is 0 Å². The van der Waals surface area contributed by atoms with Crippen molar-refractivity contribution in [3.63, 3.8) is 0 Å². The summed E-state index contributed by atoms with van der Waals surface area (Å²) >= 11 is 0. The normalized spacial score (nSPS) is 10.8. The van der Waals surface area contributed by atoms with Gasteiger partial charge < -0.3 is 9.84 Å². The number of hydrogen-bond donors (Lipinski definition) is 1. The van der Waals surface area contributed by atoms with Crippen LogP contribution in [0, 0.1) is 20.8 Å². The lowest BCUT2D eigenvalue weighted by molar-refractivity contribution is -0.131. The summed E-state index contributed by atoms with van der Waals surface area (Å²) in [7, 11) is 0. The van der Waals surface area contributed by atoms with E-state index >= 15 is 0 Å². The zero-order valence-corrected chi connectivity index (χ0v) is 12.3. The van der Waals surface area contributed by atoms with Gasteiger partial charge in [0.15, 0.2) is 0 Å². The molecule has 0 radical (unpaired) electrons. The number of rotatable bonds is 4. The van der Waals surface area contributed by atoms with Crippen LogP contribution in [0.5, 0.6) is 11.6 Å². The molecule has 2 rings (SSSR count). The molecule has 1 aromatic heterocycles. The largest absolute Gasteiger partial charge is 0.478 e. The summed E-state index contributed by atoms with van der Waals surface area (Å²) in [5.74, 6) is 0.318. The fraction of sp³-hybridized carbons (Fsp3) is 0.176. The van der Waals surface area contributed by atoms with E-state index in [0.717, 1.165) is 34.1 Å². The number of ether oxygens (including phenoxy) is 1. The molecule has 0 bridgehead atoms. The van der Waals surface area contributed by atoms with E-state index in [0.29, 0.717) is 5.88 Å². The Morgan fingerprint density at radius 2 is 1.95 bits per heavy atom. The molecule has 0 fully saturated rings. The summed E-state index contributed by atoms with van der Waals surface area (Å²) in [6.07, 6.45) is 4.18. The van der Waals surface area contributed by atoms with E-state index in [1.807, 2.05) is 45.0 Å². The smallest absolute Gasteiger partial charge is 0.328 e. The van der Waals surface area contributed by atoms with Crippen molar-refractivity contribution in [3.8, 4) is 11.6 Å². The monoisotopic (exact) mass is 283 g/mol. The van der Waals surface area contributed by atoms with Gasteiger partial charge in [-0.25, -0.2) is 9.78 Å². The van der Waals surface area contributed by atoms with E-state index in [1.165, 1.54) is 6.08 Å². The summed E-state index contributed by atoms with van der Waals surface area (Å²) in [5, 5.41) is 8.62. The second-order valence-electron chi connectivity index (χ2n) is 4.93. The van der Waals surface area contributed by atoms with Gasteiger partial charge in [-0.3, -0.25) is 0 Å². The molecule has 1 N–H and O–H groups in total. The van der Waals surface area contributed by atoms with Gasteiger partial charge >= 0.3 is 5.97 Å². The highest BCUT2D eigenvalue weighted by molar-refractivity contribution is 5.85. The Hall–Kier alpha value is -2.62. The van der Waals surface area contributed by atoms with Crippen LogP contribution in [-0.2, 0) is 4.79 Å². The molecule has 108 valence electrons. The Labute approximate surface area is 123 Å². The lowest BCUT2D eigenvalue weighted by Gasteiger charge is -2.11. The maximum Gasteiger partial charge on any atom is 0.328 e. The number of benzene rings is 1. The SMILES string of the molecule is Cc1ccc(C)c(Oc2ncc(/C=C/C(=O)O)cc2C)c1. The summed E-state index contributed by atoms with van der Waals surface area (Å²) in [4.78, 5) is 14.8. The van der Waals surface area contributed by atoms with Crippen molar-refractivity contribution >= 4 is 12.0 Å². The second kappa shape index (κ2) is 6.22. The number of aromatic nitrogens is 1. The number of carboxylic acid groups (broad SMARTS) is 1. The van der Waals surface area contributed by atoms with Crippen LogP contribution < -0.4 is 4.74 Å².